The van der Waals surface area contributed by atoms with Crippen LogP contribution >= 0.6 is 27.5 Å². The molecule has 0 radical (unpaired) electrons. The van der Waals surface area contributed by atoms with Gasteiger partial charge in [0, 0.05) is 30.7 Å². The van der Waals surface area contributed by atoms with Crippen LogP contribution in [-0.2, 0) is 4.79 Å². The van der Waals surface area contributed by atoms with Crippen molar-refractivity contribution in [2.45, 2.75) is 0 Å². The molecule has 1 aromatic carbocycles. The molecule has 0 unspecified atom stereocenters. The number of halogens is 2. The summed E-state index contributed by atoms with van der Waals surface area (Å²) in [4.78, 5) is 16.2. The van der Waals surface area contributed by atoms with Gasteiger partial charge in [-0.05, 0) is 25.2 Å². The molecule has 0 spiro atoms. The molecule has 19 heavy (non-hydrogen) atoms. The number of rotatable bonds is 3. The van der Waals surface area contributed by atoms with Crippen molar-refractivity contribution in [3.63, 3.8) is 0 Å². The highest BCUT2D eigenvalue weighted by molar-refractivity contribution is 9.10. The highest BCUT2D eigenvalue weighted by Crippen LogP contribution is 2.25. The van der Waals surface area contributed by atoms with Crippen molar-refractivity contribution in [1.82, 2.24) is 9.80 Å². The summed E-state index contributed by atoms with van der Waals surface area (Å²) in [6.07, 6.45) is 0. The van der Waals surface area contributed by atoms with Crippen molar-refractivity contribution in [3.05, 3.63) is 27.7 Å². The number of amides is 1. The average molecular weight is 347 g/mol. The maximum absolute atomic E-state index is 12.1. The Morgan fingerprint density at radius 1 is 1.37 bits per heavy atom. The number of nitrogens with zero attached hydrogens (tertiary/aromatic N) is 2. The lowest BCUT2D eigenvalue weighted by molar-refractivity contribution is -0.130. The van der Waals surface area contributed by atoms with Crippen molar-refractivity contribution in [1.29, 1.82) is 0 Å². The molecule has 2 rings (SSSR count). The van der Waals surface area contributed by atoms with Crippen molar-refractivity contribution < 1.29 is 4.79 Å². The normalized spacial score (nSPS) is 16.5. The number of carbonyl (C=O) groups is 1. The number of carbonyl (C=O) groups excluding carboxylic acids is 1. The zero-order valence-electron chi connectivity index (χ0n) is 10.8. The molecule has 1 amide bonds. The van der Waals surface area contributed by atoms with E-state index in [9.17, 15) is 4.79 Å². The summed E-state index contributed by atoms with van der Waals surface area (Å²) in [7, 11) is 2.07. The van der Waals surface area contributed by atoms with Crippen LogP contribution in [0.15, 0.2) is 22.7 Å². The summed E-state index contributed by atoms with van der Waals surface area (Å²) >= 11 is 9.46. The highest BCUT2D eigenvalue weighted by Gasteiger charge is 2.18. The van der Waals surface area contributed by atoms with Crippen LogP contribution in [0.2, 0.25) is 5.02 Å². The molecule has 1 aromatic rings. The number of anilines is 1. The van der Waals surface area contributed by atoms with Gasteiger partial charge in [0.1, 0.15) is 0 Å². The Kier molecular flexibility index (Phi) is 5.07. The van der Waals surface area contributed by atoms with E-state index in [2.05, 4.69) is 33.2 Å². The summed E-state index contributed by atoms with van der Waals surface area (Å²) in [5, 5.41) is 3.72. The molecule has 104 valence electrons. The van der Waals surface area contributed by atoms with Crippen molar-refractivity contribution in [3.8, 4) is 0 Å². The molecule has 0 aromatic heterocycles. The number of nitrogens with one attached hydrogen (secondary N) is 1. The summed E-state index contributed by atoms with van der Waals surface area (Å²) in [5.74, 6) is 0.115. The fourth-order valence-corrected chi connectivity index (χ4v) is 2.52. The Morgan fingerprint density at radius 2 is 2.05 bits per heavy atom. The van der Waals surface area contributed by atoms with Crippen LogP contribution in [-0.4, -0.2) is 55.5 Å². The molecule has 1 aliphatic heterocycles. The standard InChI is InChI=1S/C13H17BrClN3O/c1-17-4-6-18(7-5-17)13(19)9-16-12-8-10(14)2-3-11(12)15/h2-3,8,16H,4-7,9H2,1H3. The Labute approximate surface area is 126 Å². The summed E-state index contributed by atoms with van der Waals surface area (Å²) in [6.45, 7) is 3.74. The smallest absolute Gasteiger partial charge is 0.241 e. The van der Waals surface area contributed by atoms with E-state index in [0.29, 0.717) is 5.02 Å². The first kappa shape index (κ1) is 14.6. The number of hydrogen-bond acceptors (Lipinski definition) is 3. The summed E-state index contributed by atoms with van der Waals surface area (Å²) < 4.78 is 0.937. The maximum atomic E-state index is 12.1. The minimum atomic E-state index is 0.115. The van der Waals surface area contributed by atoms with Gasteiger partial charge in [-0.15, -0.1) is 0 Å². The van der Waals surface area contributed by atoms with E-state index in [1.807, 2.05) is 17.0 Å². The van der Waals surface area contributed by atoms with Crippen LogP contribution in [0, 0.1) is 0 Å². The van der Waals surface area contributed by atoms with Gasteiger partial charge >= 0.3 is 0 Å². The van der Waals surface area contributed by atoms with Gasteiger partial charge in [-0.2, -0.15) is 0 Å². The van der Waals surface area contributed by atoms with Gasteiger partial charge < -0.3 is 15.1 Å². The predicted molar refractivity (Wildman–Crippen MR) is 81.7 cm³/mol. The maximum Gasteiger partial charge on any atom is 0.241 e. The average Bonchev–Trinajstić information content (AvgIpc) is 2.40. The quantitative estimate of drug-likeness (QED) is 0.912. The summed E-state index contributed by atoms with van der Waals surface area (Å²) in [6, 6.07) is 5.55. The first-order chi connectivity index (χ1) is 9.06. The van der Waals surface area contributed by atoms with Crippen LogP contribution in [0.25, 0.3) is 0 Å². The fraction of sp³-hybridized carbons (Fsp3) is 0.462. The van der Waals surface area contributed by atoms with Gasteiger partial charge in [0.05, 0.1) is 17.3 Å². The second-order valence-electron chi connectivity index (χ2n) is 4.66. The third kappa shape index (κ3) is 4.09. The van der Waals surface area contributed by atoms with Crippen LogP contribution in [0.3, 0.4) is 0 Å². The van der Waals surface area contributed by atoms with Gasteiger partial charge in [0.25, 0.3) is 0 Å². The minimum absolute atomic E-state index is 0.115. The first-order valence-electron chi connectivity index (χ1n) is 6.21. The number of hydrogen-bond donors (Lipinski definition) is 1. The van der Waals surface area contributed by atoms with Gasteiger partial charge in [-0.3, -0.25) is 4.79 Å². The van der Waals surface area contributed by atoms with E-state index < -0.39 is 0 Å². The van der Waals surface area contributed by atoms with Crippen molar-refractivity contribution in [2.75, 3.05) is 45.1 Å². The van der Waals surface area contributed by atoms with E-state index in [4.69, 9.17) is 11.6 Å². The van der Waals surface area contributed by atoms with Crippen LogP contribution in [0.5, 0.6) is 0 Å². The van der Waals surface area contributed by atoms with E-state index >= 15 is 0 Å². The molecule has 1 saturated heterocycles. The number of piperazine rings is 1. The van der Waals surface area contributed by atoms with E-state index in [-0.39, 0.29) is 12.5 Å². The highest BCUT2D eigenvalue weighted by atomic mass is 79.9. The topological polar surface area (TPSA) is 35.6 Å². The molecule has 1 N–H and O–H groups in total. The molecule has 0 saturated carbocycles. The predicted octanol–water partition coefficient (Wildman–Crippen LogP) is 2.29. The molecule has 1 aliphatic rings. The lowest BCUT2D eigenvalue weighted by atomic mass is 10.3. The molecule has 6 heteroatoms. The Bertz CT molecular complexity index is 461. The van der Waals surface area contributed by atoms with Gasteiger partial charge in [0.15, 0.2) is 0 Å². The van der Waals surface area contributed by atoms with Crippen molar-refractivity contribution in [2.24, 2.45) is 0 Å². The van der Waals surface area contributed by atoms with Crippen LogP contribution in [0.1, 0.15) is 0 Å². The molecule has 0 atom stereocenters. The third-order valence-corrected chi connectivity index (χ3v) is 4.04. The molecule has 1 heterocycles. The molecule has 0 aliphatic carbocycles. The van der Waals surface area contributed by atoms with E-state index in [1.165, 1.54) is 0 Å². The molecule has 4 nitrogen and oxygen atoms in total. The third-order valence-electron chi connectivity index (χ3n) is 3.21. The largest absolute Gasteiger partial charge is 0.375 e. The lowest BCUT2D eigenvalue weighted by Gasteiger charge is -2.32. The van der Waals surface area contributed by atoms with E-state index in [1.54, 1.807) is 6.07 Å². The first-order valence-corrected chi connectivity index (χ1v) is 7.38. The zero-order chi connectivity index (χ0) is 13.8. The lowest BCUT2D eigenvalue weighted by Crippen LogP contribution is -2.48. The zero-order valence-corrected chi connectivity index (χ0v) is 13.2. The Morgan fingerprint density at radius 3 is 2.74 bits per heavy atom. The second-order valence-corrected chi connectivity index (χ2v) is 5.98. The minimum Gasteiger partial charge on any atom is -0.375 e. The molecular formula is C13H17BrClN3O. The van der Waals surface area contributed by atoms with Crippen LogP contribution < -0.4 is 5.32 Å². The Balaban J connectivity index is 1.88. The fourth-order valence-electron chi connectivity index (χ4n) is 1.97. The van der Waals surface area contributed by atoms with Crippen molar-refractivity contribution >= 4 is 39.1 Å². The van der Waals surface area contributed by atoms with Crippen LogP contribution in [0.4, 0.5) is 5.69 Å². The number of likely N-dealkylation sites (N-methyl/N-ethyl adjacent to an activating group) is 1. The monoisotopic (exact) mass is 345 g/mol. The Hall–Kier alpha value is -0.780. The summed E-state index contributed by atoms with van der Waals surface area (Å²) in [5.41, 5.74) is 0.776. The van der Waals surface area contributed by atoms with Gasteiger partial charge in [-0.25, -0.2) is 0 Å². The molecule has 1 fully saturated rings. The van der Waals surface area contributed by atoms with Gasteiger partial charge in [-0.1, -0.05) is 27.5 Å². The van der Waals surface area contributed by atoms with Gasteiger partial charge in [0.2, 0.25) is 5.91 Å². The molecule has 0 bridgehead atoms. The SMILES string of the molecule is CN1CCN(C(=O)CNc2cc(Br)ccc2Cl)CC1. The van der Waals surface area contributed by atoms with E-state index in [0.717, 1.165) is 36.3 Å². The molecular weight excluding hydrogens is 330 g/mol. The second kappa shape index (κ2) is 6.59. The number of benzene rings is 1.